The third-order valence-corrected chi connectivity index (χ3v) is 1.92. The molecule has 0 atom stereocenters. The van der Waals surface area contributed by atoms with Crippen LogP contribution >= 0.6 is 0 Å². The van der Waals surface area contributed by atoms with Crippen LogP contribution in [0.1, 0.15) is 28.8 Å². The number of ketones is 1. The van der Waals surface area contributed by atoms with Crippen LogP contribution in [0.15, 0.2) is 18.2 Å². The Morgan fingerprint density at radius 2 is 2.29 bits per heavy atom. The first-order chi connectivity index (χ1) is 6.65. The molecule has 0 saturated carbocycles. The first-order valence-electron chi connectivity index (χ1n) is 4.38. The maximum absolute atomic E-state index is 13.2. The number of Topliss-reactive ketones (excluding diaryl/α,β-unsaturated/α-hetero) is 1. The highest BCUT2D eigenvalue weighted by atomic mass is 19.1. The van der Waals surface area contributed by atoms with E-state index in [4.69, 9.17) is 6.42 Å². The number of carbonyl (C=O) groups is 1. The first kappa shape index (κ1) is 10.5. The van der Waals surface area contributed by atoms with Crippen LogP contribution in [-0.4, -0.2) is 5.78 Å². The molecule has 0 aliphatic heterocycles. The van der Waals surface area contributed by atoms with Gasteiger partial charge in [-0.1, -0.05) is 11.6 Å². The number of halogens is 1. The molecule has 1 rings (SSSR count). The second-order valence-corrected chi connectivity index (χ2v) is 3.11. The van der Waals surface area contributed by atoms with Crippen molar-refractivity contribution in [2.75, 3.05) is 0 Å². The van der Waals surface area contributed by atoms with Crippen LogP contribution in [0.3, 0.4) is 0 Å². The predicted molar refractivity (Wildman–Crippen MR) is 53.5 cm³/mol. The topological polar surface area (TPSA) is 17.1 Å². The van der Waals surface area contributed by atoms with E-state index >= 15 is 0 Å². The highest BCUT2D eigenvalue weighted by molar-refractivity contribution is 5.96. The summed E-state index contributed by atoms with van der Waals surface area (Å²) >= 11 is 0. The minimum absolute atomic E-state index is 0.139. The minimum atomic E-state index is -0.474. The molecule has 0 amide bonds. The summed E-state index contributed by atoms with van der Waals surface area (Å²) in [6, 6.07) is 4.49. The molecule has 2 heteroatoms. The zero-order valence-corrected chi connectivity index (χ0v) is 8.01. The lowest BCUT2D eigenvalue weighted by molar-refractivity contribution is 0.0980. The Hall–Kier alpha value is -1.62. The summed E-state index contributed by atoms with van der Waals surface area (Å²) in [6.07, 6.45) is 5.59. The van der Waals surface area contributed by atoms with Crippen molar-refractivity contribution in [3.05, 3.63) is 35.1 Å². The van der Waals surface area contributed by atoms with Gasteiger partial charge < -0.3 is 0 Å². The van der Waals surface area contributed by atoms with Gasteiger partial charge in [0.05, 0.1) is 5.56 Å². The van der Waals surface area contributed by atoms with Gasteiger partial charge in [-0.15, -0.1) is 12.3 Å². The smallest absolute Gasteiger partial charge is 0.166 e. The van der Waals surface area contributed by atoms with Crippen molar-refractivity contribution in [2.24, 2.45) is 0 Å². The maximum atomic E-state index is 13.2. The third kappa shape index (κ3) is 2.43. The molecule has 0 spiro atoms. The van der Waals surface area contributed by atoms with Crippen LogP contribution in [0, 0.1) is 25.1 Å². The van der Waals surface area contributed by atoms with Crippen LogP contribution in [0.25, 0.3) is 0 Å². The van der Waals surface area contributed by atoms with E-state index in [1.807, 2.05) is 6.92 Å². The Balaban J connectivity index is 2.90. The molecule has 0 saturated heterocycles. The van der Waals surface area contributed by atoms with Crippen molar-refractivity contribution < 1.29 is 9.18 Å². The second-order valence-electron chi connectivity index (χ2n) is 3.11. The molecule has 0 fully saturated rings. The lowest BCUT2D eigenvalue weighted by Gasteiger charge is -2.01. The molecule has 1 nitrogen and oxygen atoms in total. The highest BCUT2D eigenvalue weighted by Gasteiger charge is 2.10. The van der Waals surface area contributed by atoms with E-state index in [2.05, 4.69) is 5.92 Å². The molecule has 0 radical (unpaired) electrons. The summed E-state index contributed by atoms with van der Waals surface area (Å²) in [5.74, 6) is 1.65. The third-order valence-electron chi connectivity index (χ3n) is 1.92. The quantitative estimate of drug-likeness (QED) is 0.529. The van der Waals surface area contributed by atoms with Crippen LogP contribution in [-0.2, 0) is 0 Å². The molecule has 0 aliphatic carbocycles. The Labute approximate surface area is 82.9 Å². The van der Waals surface area contributed by atoms with Crippen molar-refractivity contribution in [1.29, 1.82) is 0 Å². The van der Waals surface area contributed by atoms with Gasteiger partial charge in [-0.3, -0.25) is 4.79 Å². The van der Waals surface area contributed by atoms with Gasteiger partial charge >= 0.3 is 0 Å². The fraction of sp³-hybridized carbons (Fsp3) is 0.250. The van der Waals surface area contributed by atoms with E-state index in [1.165, 1.54) is 6.07 Å². The molecular weight excluding hydrogens is 179 g/mol. The summed E-state index contributed by atoms with van der Waals surface area (Å²) < 4.78 is 13.2. The number of terminal acetylenes is 1. The van der Waals surface area contributed by atoms with E-state index in [0.29, 0.717) is 6.42 Å². The fourth-order valence-corrected chi connectivity index (χ4v) is 1.17. The van der Waals surface area contributed by atoms with Gasteiger partial charge in [-0.2, -0.15) is 0 Å². The van der Waals surface area contributed by atoms with Gasteiger partial charge in [0.25, 0.3) is 0 Å². The Morgan fingerprint density at radius 1 is 1.57 bits per heavy atom. The number of carbonyl (C=O) groups excluding carboxylic acids is 1. The molecule has 14 heavy (non-hydrogen) atoms. The van der Waals surface area contributed by atoms with Gasteiger partial charge in [0.2, 0.25) is 0 Å². The largest absolute Gasteiger partial charge is 0.294 e. The number of aryl methyl sites for hydroxylation is 1. The predicted octanol–water partition coefficient (Wildman–Crippen LogP) is 2.73. The summed E-state index contributed by atoms with van der Waals surface area (Å²) in [7, 11) is 0. The fourth-order valence-electron chi connectivity index (χ4n) is 1.17. The van der Waals surface area contributed by atoms with Crippen molar-refractivity contribution in [3.63, 3.8) is 0 Å². The van der Waals surface area contributed by atoms with Gasteiger partial charge in [0, 0.05) is 12.8 Å². The SMILES string of the molecule is C#CCCC(=O)c1cc(C)ccc1F. The van der Waals surface area contributed by atoms with Gasteiger partial charge in [0.1, 0.15) is 5.82 Å². The van der Waals surface area contributed by atoms with Gasteiger partial charge in [-0.25, -0.2) is 4.39 Å². The van der Waals surface area contributed by atoms with E-state index in [-0.39, 0.29) is 17.8 Å². The maximum Gasteiger partial charge on any atom is 0.166 e. The van der Waals surface area contributed by atoms with Crippen LogP contribution < -0.4 is 0 Å². The van der Waals surface area contributed by atoms with Gasteiger partial charge in [-0.05, 0) is 19.1 Å². The molecule has 1 aromatic rings. The lowest BCUT2D eigenvalue weighted by atomic mass is 10.0. The van der Waals surface area contributed by atoms with E-state index in [1.54, 1.807) is 12.1 Å². The van der Waals surface area contributed by atoms with Crippen LogP contribution in [0.2, 0.25) is 0 Å². The standard InChI is InChI=1S/C12H11FO/c1-3-4-5-12(14)10-8-9(2)6-7-11(10)13/h1,6-8H,4-5H2,2H3. The van der Waals surface area contributed by atoms with E-state index in [0.717, 1.165) is 5.56 Å². The first-order valence-corrected chi connectivity index (χ1v) is 4.38. The molecule has 0 aromatic heterocycles. The van der Waals surface area contributed by atoms with Crippen molar-refractivity contribution in [1.82, 2.24) is 0 Å². The molecule has 0 aliphatic rings. The summed E-state index contributed by atoms with van der Waals surface area (Å²) in [5, 5.41) is 0. The molecule has 0 N–H and O–H groups in total. The zero-order chi connectivity index (χ0) is 10.6. The number of hydrogen-bond donors (Lipinski definition) is 0. The van der Waals surface area contributed by atoms with Gasteiger partial charge in [0.15, 0.2) is 5.78 Å². The van der Waals surface area contributed by atoms with Crippen molar-refractivity contribution >= 4 is 5.78 Å². The Morgan fingerprint density at radius 3 is 2.93 bits per heavy atom. The number of hydrogen-bond acceptors (Lipinski definition) is 1. The average molecular weight is 190 g/mol. The minimum Gasteiger partial charge on any atom is -0.294 e. The highest BCUT2D eigenvalue weighted by Crippen LogP contribution is 2.12. The number of benzene rings is 1. The molecule has 72 valence electrons. The van der Waals surface area contributed by atoms with Crippen molar-refractivity contribution in [2.45, 2.75) is 19.8 Å². The van der Waals surface area contributed by atoms with E-state index in [9.17, 15) is 9.18 Å². The number of rotatable bonds is 3. The summed E-state index contributed by atoms with van der Waals surface area (Å²) in [5.41, 5.74) is 1.01. The molecule has 0 unspecified atom stereocenters. The Bertz CT molecular complexity index is 388. The average Bonchev–Trinajstić information content (AvgIpc) is 2.18. The molecule has 0 bridgehead atoms. The zero-order valence-electron chi connectivity index (χ0n) is 8.01. The summed E-state index contributed by atoms with van der Waals surface area (Å²) in [6.45, 7) is 1.82. The Kier molecular flexibility index (Phi) is 3.41. The summed E-state index contributed by atoms with van der Waals surface area (Å²) in [4.78, 5) is 11.4. The van der Waals surface area contributed by atoms with Crippen LogP contribution in [0.5, 0.6) is 0 Å². The monoisotopic (exact) mass is 190 g/mol. The molecular formula is C12H11FO. The lowest BCUT2D eigenvalue weighted by Crippen LogP contribution is -2.02. The van der Waals surface area contributed by atoms with Crippen molar-refractivity contribution in [3.8, 4) is 12.3 Å². The van der Waals surface area contributed by atoms with E-state index < -0.39 is 5.82 Å². The van der Waals surface area contributed by atoms with Crippen LogP contribution in [0.4, 0.5) is 4.39 Å². The second kappa shape index (κ2) is 4.57. The normalized spacial score (nSPS) is 9.50. The molecule has 0 heterocycles. The molecule has 1 aromatic carbocycles.